The molecule has 0 saturated carbocycles. The lowest BCUT2D eigenvalue weighted by Gasteiger charge is -2.31. The second-order valence-corrected chi connectivity index (χ2v) is 15.3. The molecule has 4 aliphatic rings. The Balaban J connectivity index is 1.02. The number of para-hydroxylation sites is 1. The van der Waals surface area contributed by atoms with Gasteiger partial charge in [0.25, 0.3) is 0 Å². The lowest BCUT2D eigenvalue weighted by atomic mass is 9.82. The Labute approximate surface area is 346 Å². The van der Waals surface area contributed by atoms with E-state index in [0.717, 1.165) is 55.6 Å². The molecule has 0 heterocycles. The smallest absolute Gasteiger partial charge is 0.0548 e. The highest BCUT2D eigenvalue weighted by atomic mass is 15.1. The van der Waals surface area contributed by atoms with Crippen LogP contribution in [0.25, 0.3) is 17.2 Å². The Morgan fingerprint density at radius 2 is 1.38 bits per heavy atom. The van der Waals surface area contributed by atoms with E-state index in [4.69, 9.17) is 0 Å². The summed E-state index contributed by atoms with van der Waals surface area (Å²) in [5, 5.41) is 0. The van der Waals surface area contributed by atoms with Crippen LogP contribution in [0.2, 0.25) is 0 Å². The van der Waals surface area contributed by atoms with Gasteiger partial charge in [-0.2, -0.15) is 0 Å². The van der Waals surface area contributed by atoms with Crippen molar-refractivity contribution in [3.8, 4) is 11.1 Å². The van der Waals surface area contributed by atoms with E-state index in [1.165, 1.54) is 50.2 Å². The van der Waals surface area contributed by atoms with Gasteiger partial charge in [-0.15, -0.1) is 13.2 Å². The highest BCUT2D eigenvalue weighted by molar-refractivity contribution is 5.82. The largest absolute Gasteiger partial charge is 0.341 e. The molecule has 0 amide bonds. The third-order valence-corrected chi connectivity index (χ3v) is 11.5. The molecule has 286 valence electrons. The van der Waals surface area contributed by atoms with Crippen molar-refractivity contribution >= 4 is 28.8 Å². The van der Waals surface area contributed by atoms with Crippen LogP contribution >= 0.6 is 0 Å². The van der Waals surface area contributed by atoms with Gasteiger partial charge in [0.2, 0.25) is 0 Å². The fraction of sp³-hybridized carbons (Fsp3) is 0.143. The maximum atomic E-state index is 4.16. The summed E-state index contributed by atoms with van der Waals surface area (Å²) in [6.45, 7) is 8.18. The Hall–Kier alpha value is -6.64. The van der Waals surface area contributed by atoms with Gasteiger partial charge in [-0.25, -0.2) is 0 Å². The predicted molar refractivity (Wildman–Crippen MR) is 251 cm³/mol. The zero-order valence-corrected chi connectivity index (χ0v) is 33.3. The van der Waals surface area contributed by atoms with Gasteiger partial charge in [-0.1, -0.05) is 152 Å². The van der Waals surface area contributed by atoms with Crippen LogP contribution in [-0.2, 0) is 6.42 Å². The van der Waals surface area contributed by atoms with Crippen LogP contribution < -0.4 is 9.80 Å². The number of allylic oxidation sites excluding steroid dienone is 18. The molecule has 0 spiro atoms. The lowest BCUT2D eigenvalue weighted by molar-refractivity contribution is 0.703. The number of hydrogen-bond acceptors (Lipinski definition) is 2. The first-order valence-electron chi connectivity index (χ1n) is 20.7. The van der Waals surface area contributed by atoms with Crippen molar-refractivity contribution in [2.75, 3.05) is 9.80 Å². The summed E-state index contributed by atoms with van der Waals surface area (Å²) < 4.78 is 0. The second-order valence-electron chi connectivity index (χ2n) is 15.3. The molecule has 0 radical (unpaired) electrons. The van der Waals surface area contributed by atoms with Crippen molar-refractivity contribution < 1.29 is 0 Å². The maximum absolute atomic E-state index is 4.16. The quantitative estimate of drug-likeness (QED) is 0.0991. The average Bonchev–Trinajstić information content (AvgIpc) is 3.28. The van der Waals surface area contributed by atoms with Gasteiger partial charge in [0.1, 0.15) is 0 Å². The lowest BCUT2D eigenvalue weighted by Crippen LogP contribution is -2.28. The maximum Gasteiger partial charge on any atom is 0.0548 e. The van der Waals surface area contributed by atoms with E-state index in [-0.39, 0.29) is 6.04 Å². The van der Waals surface area contributed by atoms with Gasteiger partial charge >= 0.3 is 0 Å². The summed E-state index contributed by atoms with van der Waals surface area (Å²) in [5.74, 6) is 0.521. The average molecular weight is 753 g/mol. The van der Waals surface area contributed by atoms with E-state index in [1.54, 1.807) is 0 Å². The van der Waals surface area contributed by atoms with E-state index in [0.29, 0.717) is 5.92 Å². The molecule has 0 N–H and O–H groups in total. The molecule has 4 aromatic carbocycles. The van der Waals surface area contributed by atoms with Crippen LogP contribution in [0.3, 0.4) is 0 Å². The Morgan fingerprint density at radius 1 is 0.655 bits per heavy atom. The first-order valence-corrected chi connectivity index (χ1v) is 20.7. The van der Waals surface area contributed by atoms with Gasteiger partial charge in [-0.3, -0.25) is 0 Å². The molecule has 58 heavy (non-hydrogen) atoms. The molecule has 2 unspecified atom stereocenters. The summed E-state index contributed by atoms with van der Waals surface area (Å²) in [7, 11) is 0. The Morgan fingerprint density at radius 3 is 2.17 bits per heavy atom. The summed E-state index contributed by atoms with van der Waals surface area (Å²) in [5.41, 5.74) is 15.3. The van der Waals surface area contributed by atoms with Crippen LogP contribution in [0, 0.1) is 0 Å². The van der Waals surface area contributed by atoms with Crippen LogP contribution in [0.5, 0.6) is 0 Å². The number of fused-ring (bicyclic) bond motifs is 2. The zero-order chi connectivity index (χ0) is 39.5. The molecule has 2 nitrogen and oxygen atoms in total. The number of benzene rings is 4. The zero-order valence-electron chi connectivity index (χ0n) is 33.3. The third kappa shape index (κ3) is 8.83. The predicted octanol–water partition coefficient (Wildman–Crippen LogP) is 15.1. The summed E-state index contributed by atoms with van der Waals surface area (Å²) in [4.78, 5) is 4.69. The minimum Gasteiger partial charge on any atom is -0.341 e. The van der Waals surface area contributed by atoms with Crippen LogP contribution in [0.4, 0.5) is 22.7 Å². The number of hydrogen-bond donors (Lipinski definition) is 0. The van der Waals surface area contributed by atoms with Gasteiger partial charge in [-0.05, 0) is 138 Å². The van der Waals surface area contributed by atoms with Gasteiger partial charge in [0.15, 0.2) is 0 Å². The molecule has 2 heteroatoms. The minimum absolute atomic E-state index is 0.0858. The van der Waals surface area contributed by atoms with Crippen molar-refractivity contribution in [2.45, 2.75) is 50.5 Å². The number of anilines is 4. The van der Waals surface area contributed by atoms with Gasteiger partial charge in [0.05, 0.1) is 11.7 Å². The first-order chi connectivity index (χ1) is 28.7. The molecule has 0 fully saturated rings. The van der Waals surface area contributed by atoms with Crippen LogP contribution in [0.1, 0.15) is 54.7 Å². The molecule has 2 atom stereocenters. The van der Waals surface area contributed by atoms with Gasteiger partial charge < -0.3 is 9.80 Å². The highest BCUT2D eigenvalue weighted by Gasteiger charge is 2.23. The van der Waals surface area contributed by atoms with Crippen molar-refractivity contribution in [3.05, 3.63) is 247 Å². The fourth-order valence-electron chi connectivity index (χ4n) is 8.37. The van der Waals surface area contributed by atoms with Crippen LogP contribution in [-0.4, -0.2) is 6.04 Å². The summed E-state index contributed by atoms with van der Waals surface area (Å²) in [6, 6.07) is 33.6. The molecule has 4 aliphatic carbocycles. The normalized spacial score (nSPS) is 17.4. The van der Waals surface area contributed by atoms with Crippen molar-refractivity contribution in [3.63, 3.8) is 0 Å². The monoisotopic (exact) mass is 752 g/mol. The van der Waals surface area contributed by atoms with E-state index >= 15 is 0 Å². The second kappa shape index (κ2) is 18.5. The Bertz CT molecular complexity index is 2420. The van der Waals surface area contributed by atoms with Crippen LogP contribution in [0.15, 0.2) is 230 Å². The summed E-state index contributed by atoms with van der Waals surface area (Å²) >= 11 is 0. The first kappa shape index (κ1) is 38.2. The SMILES string of the molecule is C=CCC(C=C)N(C=CC=CC=CC1=CC=C2CC=CC=C2C1)c1ccc(-c2ccc(N(c3ccccc3)c3cc4c5cc3CC=CC=CCC5CC=C4)cc2)cc1. The fourth-order valence-corrected chi connectivity index (χ4v) is 8.37. The van der Waals surface area contributed by atoms with E-state index in [1.807, 2.05) is 12.2 Å². The molecule has 0 aliphatic heterocycles. The van der Waals surface area contributed by atoms with Gasteiger partial charge in [0, 0.05) is 23.3 Å². The highest BCUT2D eigenvalue weighted by Crippen LogP contribution is 2.43. The third-order valence-electron chi connectivity index (χ3n) is 11.5. The molecular formula is C56H52N2. The van der Waals surface area contributed by atoms with E-state index in [2.05, 4.69) is 217 Å². The molecule has 2 bridgehead atoms. The van der Waals surface area contributed by atoms with E-state index in [9.17, 15) is 0 Å². The molecular weight excluding hydrogens is 701 g/mol. The Kier molecular flexibility index (Phi) is 12.2. The molecule has 4 aromatic rings. The number of nitrogens with zero attached hydrogens (tertiary/aromatic N) is 2. The van der Waals surface area contributed by atoms with Crippen molar-refractivity contribution in [1.82, 2.24) is 0 Å². The molecule has 0 saturated heterocycles. The van der Waals surface area contributed by atoms with Crippen molar-refractivity contribution in [1.29, 1.82) is 0 Å². The summed E-state index contributed by atoms with van der Waals surface area (Å²) in [6.07, 6.45) is 47.4. The standard InChI is InChI=1S/C56H52N2/c1-3-19-51(4-2)57(39-17-8-7-10-20-43-29-30-44-21-15-16-23-48(44)40-43)52-35-31-45(32-36-52)46-33-37-54(38-34-46)58(53-27-13-9-14-28-53)56-42-49-26-18-25-47-22-11-5-6-12-24-50(56)41-55(47)49/h3-18,20,23,26-39,41-42,47,51H,1-2,19,21-22,24-25,40H2. The van der Waals surface area contributed by atoms with E-state index < -0.39 is 0 Å². The topological polar surface area (TPSA) is 6.48 Å². The molecule has 8 rings (SSSR count). The number of rotatable bonds is 13. The minimum atomic E-state index is 0.0858. The van der Waals surface area contributed by atoms with Crippen molar-refractivity contribution in [2.24, 2.45) is 0 Å². The molecule has 0 aromatic heterocycles.